The quantitative estimate of drug-likeness (QED) is 0.849. The number of piperidine rings is 1. The Morgan fingerprint density at radius 3 is 2.89 bits per heavy atom. The number of rotatable bonds is 5. The van der Waals surface area contributed by atoms with E-state index in [0.717, 1.165) is 26.2 Å². The zero-order valence-corrected chi connectivity index (χ0v) is 11.3. The Morgan fingerprint density at radius 2 is 2.26 bits per heavy atom. The van der Waals surface area contributed by atoms with Gasteiger partial charge in [0.2, 0.25) is 0 Å². The molecule has 1 fully saturated rings. The smallest absolute Gasteiger partial charge is 0.335 e. The van der Waals surface area contributed by atoms with Crippen LogP contribution in [0, 0.1) is 5.92 Å². The number of carboxylic acid groups (broad SMARTS) is 1. The van der Waals surface area contributed by atoms with Crippen molar-refractivity contribution >= 4 is 11.8 Å². The van der Waals surface area contributed by atoms with Crippen LogP contribution in [0.15, 0.2) is 18.3 Å². The third-order valence-electron chi connectivity index (χ3n) is 3.73. The summed E-state index contributed by atoms with van der Waals surface area (Å²) in [5.41, 5.74) is 0.276. The van der Waals surface area contributed by atoms with Crippen LogP contribution < -0.4 is 5.32 Å². The molecule has 1 aliphatic heterocycles. The van der Waals surface area contributed by atoms with Crippen molar-refractivity contribution in [1.82, 2.24) is 9.88 Å². The highest BCUT2D eigenvalue weighted by Gasteiger charge is 2.17. The largest absolute Gasteiger partial charge is 0.478 e. The number of nitrogens with zero attached hydrogens (tertiary/aromatic N) is 2. The van der Waals surface area contributed by atoms with E-state index in [1.165, 1.54) is 25.1 Å². The fourth-order valence-electron chi connectivity index (χ4n) is 2.42. The van der Waals surface area contributed by atoms with E-state index < -0.39 is 5.97 Å². The lowest BCUT2D eigenvalue weighted by molar-refractivity contribution is 0.0697. The van der Waals surface area contributed by atoms with Gasteiger partial charge >= 0.3 is 5.97 Å². The highest BCUT2D eigenvalue weighted by atomic mass is 16.4. The number of carbonyl (C=O) groups is 1. The van der Waals surface area contributed by atoms with Crippen LogP contribution in [0.5, 0.6) is 0 Å². The van der Waals surface area contributed by atoms with E-state index in [1.54, 1.807) is 6.07 Å². The van der Waals surface area contributed by atoms with Crippen LogP contribution in [0.2, 0.25) is 0 Å². The maximum absolute atomic E-state index is 10.9. The van der Waals surface area contributed by atoms with Gasteiger partial charge in [-0.15, -0.1) is 0 Å². The minimum atomic E-state index is -0.915. The van der Waals surface area contributed by atoms with Crippen molar-refractivity contribution in [2.75, 3.05) is 31.5 Å². The van der Waals surface area contributed by atoms with Gasteiger partial charge < -0.3 is 15.3 Å². The van der Waals surface area contributed by atoms with E-state index in [0.29, 0.717) is 11.7 Å². The second-order valence-electron chi connectivity index (χ2n) is 4.99. The number of anilines is 1. The third kappa shape index (κ3) is 3.92. The summed E-state index contributed by atoms with van der Waals surface area (Å²) >= 11 is 0. The molecule has 2 heterocycles. The summed E-state index contributed by atoms with van der Waals surface area (Å²) in [5, 5.41) is 12.2. The van der Waals surface area contributed by atoms with E-state index in [1.807, 2.05) is 0 Å². The zero-order chi connectivity index (χ0) is 13.7. The molecule has 0 radical (unpaired) electrons. The van der Waals surface area contributed by atoms with Crippen molar-refractivity contribution in [3.8, 4) is 0 Å². The summed E-state index contributed by atoms with van der Waals surface area (Å²) < 4.78 is 0. The predicted octanol–water partition coefficient (Wildman–Crippen LogP) is 1.92. The summed E-state index contributed by atoms with van der Waals surface area (Å²) in [6, 6.07) is 3.09. The zero-order valence-electron chi connectivity index (χ0n) is 11.3. The maximum atomic E-state index is 10.9. The van der Waals surface area contributed by atoms with Crippen molar-refractivity contribution in [3.05, 3.63) is 23.9 Å². The van der Waals surface area contributed by atoms with Crippen LogP contribution in [-0.2, 0) is 0 Å². The molecule has 0 aromatic carbocycles. The van der Waals surface area contributed by atoms with Gasteiger partial charge in [-0.1, -0.05) is 6.92 Å². The molecular weight excluding hydrogens is 242 g/mol. The van der Waals surface area contributed by atoms with Crippen molar-refractivity contribution in [1.29, 1.82) is 0 Å². The molecule has 0 bridgehead atoms. The number of nitrogens with one attached hydrogen (secondary N) is 1. The Morgan fingerprint density at radius 1 is 1.53 bits per heavy atom. The van der Waals surface area contributed by atoms with Gasteiger partial charge in [0, 0.05) is 12.7 Å². The molecule has 2 N–H and O–H groups in total. The predicted molar refractivity (Wildman–Crippen MR) is 74.5 cm³/mol. The number of pyridine rings is 1. The minimum absolute atomic E-state index is 0.276. The number of likely N-dealkylation sites (tertiary alicyclic amines) is 1. The molecule has 1 aromatic rings. The molecule has 0 atom stereocenters. The molecule has 1 saturated heterocycles. The molecule has 1 aliphatic rings. The third-order valence-corrected chi connectivity index (χ3v) is 3.73. The average molecular weight is 263 g/mol. The summed E-state index contributed by atoms with van der Waals surface area (Å²) in [6.07, 6.45) is 3.92. The van der Waals surface area contributed by atoms with Gasteiger partial charge in [0.1, 0.15) is 5.82 Å². The van der Waals surface area contributed by atoms with Gasteiger partial charge in [0.05, 0.1) is 5.56 Å². The first kappa shape index (κ1) is 13.8. The fraction of sp³-hybridized carbons (Fsp3) is 0.571. The van der Waals surface area contributed by atoms with E-state index in [-0.39, 0.29) is 5.56 Å². The number of hydrogen-bond donors (Lipinski definition) is 2. The van der Waals surface area contributed by atoms with Gasteiger partial charge in [-0.25, -0.2) is 9.78 Å². The monoisotopic (exact) mass is 263 g/mol. The Labute approximate surface area is 113 Å². The standard InChI is InChI=1S/C14H21N3O2/c1-2-17-7-4-11(5-8-17)10-16-13-9-12(14(18)19)3-6-15-13/h3,6,9,11H,2,4-5,7-8,10H2,1H3,(H,15,16)(H,18,19). The van der Waals surface area contributed by atoms with Crippen LogP contribution in [0.1, 0.15) is 30.1 Å². The maximum Gasteiger partial charge on any atom is 0.335 e. The van der Waals surface area contributed by atoms with Crippen molar-refractivity contribution in [3.63, 3.8) is 0 Å². The van der Waals surface area contributed by atoms with Crippen molar-refractivity contribution in [2.45, 2.75) is 19.8 Å². The average Bonchev–Trinajstić information content (AvgIpc) is 2.46. The first-order valence-electron chi connectivity index (χ1n) is 6.84. The lowest BCUT2D eigenvalue weighted by Crippen LogP contribution is -2.35. The first-order valence-corrected chi connectivity index (χ1v) is 6.84. The molecule has 0 unspecified atom stereocenters. The number of aromatic nitrogens is 1. The normalized spacial score (nSPS) is 17.3. The molecule has 0 spiro atoms. The topological polar surface area (TPSA) is 65.5 Å². The van der Waals surface area contributed by atoms with E-state index in [4.69, 9.17) is 5.11 Å². The molecular formula is C14H21N3O2. The molecule has 0 amide bonds. The van der Waals surface area contributed by atoms with Crippen LogP contribution in [0.3, 0.4) is 0 Å². The first-order chi connectivity index (χ1) is 9.19. The number of aromatic carboxylic acids is 1. The van der Waals surface area contributed by atoms with E-state index in [2.05, 4.69) is 22.1 Å². The van der Waals surface area contributed by atoms with Gasteiger partial charge in [0.25, 0.3) is 0 Å². The van der Waals surface area contributed by atoms with Crippen LogP contribution in [0.25, 0.3) is 0 Å². The minimum Gasteiger partial charge on any atom is -0.478 e. The van der Waals surface area contributed by atoms with Gasteiger partial charge in [-0.05, 0) is 50.5 Å². The lowest BCUT2D eigenvalue weighted by atomic mass is 9.97. The molecule has 19 heavy (non-hydrogen) atoms. The molecule has 104 valence electrons. The number of carboxylic acids is 1. The second kappa shape index (κ2) is 6.52. The van der Waals surface area contributed by atoms with Crippen LogP contribution in [-0.4, -0.2) is 47.1 Å². The van der Waals surface area contributed by atoms with Crippen molar-refractivity contribution in [2.24, 2.45) is 5.92 Å². The molecule has 0 aliphatic carbocycles. The van der Waals surface area contributed by atoms with Gasteiger partial charge in [-0.3, -0.25) is 0 Å². The summed E-state index contributed by atoms with van der Waals surface area (Å²) in [5.74, 6) is 0.387. The Hall–Kier alpha value is -1.62. The lowest BCUT2D eigenvalue weighted by Gasteiger charge is -2.31. The summed E-state index contributed by atoms with van der Waals surface area (Å²) in [7, 11) is 0. The highest BCUT2D eigenvalue weighted by molar-refractivity contribution is 5.88. The SMILES string of the molecule is CCN1CCC(CNc2cc(C(=O)O)ccn2)CC1. The van der Waals surface area contributed by atoms with Crippen molar-refractivity contribution < 1.29 is 9.90 Å². The molecule has 5 heteroatoms. The fourth-order valence-corrected chi connectivity index (χ4v) is 2.42. The van der Waals surface area contributed by atoms with Crippen LogP contribution in [0.4, 0.5) is 5.82 Å². The van der Waals surface area contributed by atoms with E-state index >= 15 is 0 Å². The molecule has 2 rings (SSSR count). The summed E-state index contributed by atoms with van der Waals surface area (Å²) in [6.45, 7) is 6.51. The number of hydrogen-bond acceptors (Lipinski definition) is 4. The van der Waals surface area contributed by atoms with Gasteiger partial charge in [0.15, 0.2) is 0 Å². The van der Waals surface area contributed by atoms with Crippen LogP contribution >= 0.6 is 0 Å². The molecule has 0 saturated carbocycles. The van der Waals surface area contributed by atoms with E-state index in [9.17, 15) is 4.79 Å². The molecule has 1 aromatic heterocycles. The second-order valence-corrected chi connectivity index (χ2v) is 4.99. The summed E-state index contributed by atoms with van der Waals surface area (Å²) in [4.78, 5) is 17.5. The Bertz CT molecular complexity index is 428. The van der Waals surface area contributed by atoms with Gasteiger partial charge in [-0.2, -0.15) is 0 Å². The Balaban J connectivity index is 1.82. The molecule has 5 nitrogen and oxygen atoms in total. The Kier molecular flexibility index (Phi) is 4.74. The highest BCUT2D eigenvalue weighted by Crippen LogP contribution is 2.17.